The lowest BCUT2D eigenvalue weighted by atomic mass is 9.85. The average Bonchev–Trinajstić information content (AvgIpc) is 2.80. The third-order valence-electron chi connectivity index (χ3n) is 4.92. The molecule has 21 heavy (non-hydrogen) atoms. The molecule has 1 aliphatic carbocycles. The van der Waals surface area contributed by atoms with Crippen molar-refractivity contribution in [1.29, 1.82) is 0 Å². The van der Waals surface area contributed by atoms with E-state index in [-0.39, 0.29) is 0 Å². The van der Waals surface area contributed by atoms with Gasteiger partial charge in [-0.3, -0.25) is 0 Å². The van der Waals surface area contributed by atoms with Gasteiger partial charge in [-0.05, 0) is 42.8 Å². The van der Waals surface area contributed by atoms with Crippen LogP contribution in [-0.2, 0) is 0 Å². The molecule has 1 fully saturated rings. The second-order valence-electron chi connectivity index (χ2n) is 6.20. The number of hydrogen-bond acceptors (Lipinski definition) is 1. The minimum Gasteiger partial charge on any atom is -0.313 e. The van der Waals surface area contributed by atoms with Crippen molar-refractivity contribution < 1.29 is 0 Å². The van der Waals surface area contributed by atoms with Gasteiger partial charge in [-0.1, -0.05) is 67.6 Å². The van der Waals surface area contributed by atoms with E-state index in [4.69, 9.17) is 11.6 Å². The molecule has 2 heteroatoms. The van der Waals surface area contributed by atoms with Crippen LogP contribution in [0.2, 0.25) is 5.02 Å². The molecule has 0 heterocycles. The number of rotatable bonds is 3. The Labute approximate surface area is 132 Å². The van der Waals surface area contributed by atoms with E-state index in [0.717, 1.165) is 10.9 Å². The minimum absolute atomic E-state index is 0.435. The highest BCUT2D eigenvalue weighted by atomic mass is 35.5. The SMILES string of the molecule is CNC(c1ccc(Cl)c2ccccc12)C1CCCCCC1. The Kier molecular flexibility index (Phi) is 4.82. The van der Waals surface area contributed by atoms with Crippen LogP contribution >= 0.6 is 11.6 Å². The molecule has 0 bridgehead atoms. The van der Waals surface area contributed by atoms with E-state index in [1.807, 2.05) is 0 Å². The van der Waals surface area contributed by atoms with Gasteiger partial charge in [-0.2, -0.15) is 0 Å². The van der Waals surface area contributed by atoms with Crippen molar-refractivity contribution in [1.82, 2.24) is 5.32 Å². The number of benzene rings is 2. The van der Waals surface area contributed by atoms with E-state index in [0.29, 0.717) is 6.04 Å². The smallest absolute Gasteiger partial charge is 0.0484 e. The van der Waals surface area contributed by atoms with Gasteiger partial charge in [0.1, 0.15) is 0 Å². The van der Waals surface area contributed by atoms with Gasteiger partial charge in [0.15, 0.2) is 0 Å². The summed E-state index contributed by atoms with van der Waals surface area (Å²) in [5.74, 6) is 0.738. The van der Waals surface area contributed by atoms with Crippen LogP contribution in [0.15, 0.2) is 36.4 Å². The number of nitrogens with one attached hydrogen (secondary N) is 1. The molecule has 0 amide bonds. The Morgan fingerprint density at radius 1 is 0.952 bits per heavy atom. The first-order valence-corrected chi connectivity index (χ1v) is 8.53. The van der Waals surface area contributed by atoms with Gasteiger partial charge >= 0.3 is 0 Å². The Balaban J connectivity index is 2.02. The maximum atomic E-state index is 6.37. The molecule has 3 rings (SSSR count). The lowest BCUT2D eigenvalue weighted by molar-refractivity contribution is 0.343. The largest absolute Gasteiger partial charge is 0.313 e. The van der Waals surface area contributed by atoms with E-state index >= 15 is 0 Å². The highest BCUT2D eigenvalue weighted by Gasteiger charge is 2.24. The zero-order valence-electron chi connectivity index (χ0n) is 12.7. The van der Waals surface area contributed by atoms with Crippen LogP contribution in [0.4, 0.5) is 0 Å². The van der Waals surface area contributed by atoms with Crippen molar-refractivity contribution in [3.63, 3.8) is 0 Å². The molecule has 0 saturated heterocycles. The molecule has 2 aromatic rings. The molecule has 1 saturated carbocycles. The molecular weight excluding hydrogens is 278 g/mol. The maximum absolute atomic E-state index is 6.37. The molecule has 1 N–H and O–H groups in total. The first kappa shape index (κ1) is 14.9. The van der Waals surface area contributed by atoms with Crippen LogP contribution in [-0.4, -0.2) is 7.05 Å². The lowest BCUT2D eigenvalue weighted by Gasteiger charge is -2.27. The lowest BCUT2D eigenvalue weighted by Crippen LogP contribution is -2.25. The predicted molar refractivity (Wildman–Crippen MR) is 92.0 cm³/mol. The number of fused-ring (bicyclic) bond motifs is 1. The Hall–Kier alpha value is -1.05. The highest BCUT2D eigenvalue weighted by molar-refractivity contribution is 6.35. The van der Waals surface area contributed by atoms with Crippen LogP contribution in [0.3, 0.4) is 0 Å². The Morgan fingerprint density at radius 3 is 2.29 bits per heavy atom. The van der Waals surface area contributed by atoms with Gasteiger partial charge in [0, 0.05) is 16.5 Å². The van der Waals surface area contributed by atoms with E-state index < -0.39 is 0 Å². The zero-order chi connectivity index (χ0) is 14.7. The molecule has 112 valence electrons. The first-order valence-electron chi connectivity index (χ1n) is 8.15. The summed E-state index contributed by atoms with van der Waals surface area (Å²) in [7, 11) is 2.10. The first-order chi connectivity index (χ1) is 10.3. The maximum Gasteiger partial charge on any atom is 0.0484 e. The average molecular weight is 302 g/mol. The topological polar surface area (TPSA) is 12.0 Å². The van der Waals surface area contributed by atoms with Gasteiger partial charge in [-0.15, -0.1) is 0 Å². The minimum atomic E-state index is 0.435. The fraction of sp³-hybridized carbons (Fsp3) is 0.474. The third kappa shape index (κ3) is 3.09. The molecule has 0 spiro atoms. The van der Waals surface area contributed by atoms with E-state index in [9.17, 15) is 0 Å². The summed E-state index contributed by atoms with van der Waals surface area (Å²) in [6, 6.07) is 13.2. The molecule has 0 aromatic heterocycles. The van der Waals surface area contributed by atoms with E-state index in [2.05, 4.69) is 48.8 Å². The van der Waals surface area contributed by atoms with Gasteiger partial charge in [0.25, 0.3) is 0 Å². The molecule has 1 unspecified atom stereocenters. The van der Waals surface area contributed by atoms with Crippen molar-refractivity contribution in [3.8, 4) is 0 Å². The van der Waals surface area contributed by atoms with Gasteiger partial charge in [-0.25, -0.2) is 0 Å². The summed E-state index contributed by atoms with van der Waals surface area (Å²) in [6.07, 6.45) is 8.20. The van der Waals surface area contributed by atoms with Crippen molar-refractivity contribution in [3.05, 3.63) is 47.0 Å². The summed E-state index contributed by atoms with van der Waals surface area (Å²) in [4.78, 5) is 0. The molecule has 1 nitrogen and oxygen atoms in total. The summed E-state index contributed by atoms with van der Waals surface area (Å²) in [5.41, 5.74) is 1.41. The van der Waals surface area contributed by atoms with Crippen LogP contribution < -0.4 is 5.32 Å². The quantitative estimate of drug-likeness (QED) is 0.714. The Bertz CT molecular complexity index is 600. The van der Waals surface area contributed by atoms with Gasteiger partial charge in [0.05, 0.1) is 0 Å². The molecule has 0 aliphatic heterocycles. The van der Waals surface area contributed by atoms with Crippen molar-refractivity contribution in [2.45, 2.75) is 44.6 Å². The van der Waals surface area contributed by atoms with Crippen molar-refractivity contribution >= 4 is 22.4 Å². The van der Waals surface area contributed by atoms with Crippen LogP contribution in [0.5, 0.6) is 0 Å². The standard InChI is InChI=1S/C19H24ClN/c1-21-19(14-8-4-2-3-5-9-14)17-12-13-18(20)16-11-7-6-10-15(16)17/h6-7,10-14,19,21H,2-5,8-9H2,1H3. The molecule has 2 aromatic carbocycles. The summed E-state index contributed by atoms with van der Waals surface area (Å²) >= 11 is 6.37. The summed E-state index contributed by atoms with van der Waals surface area (Å²) in [6.45, 7) is 0. The monoisotopic (exact) mass is 301 g/mol. The summed E-state index contributed by atoms with van der Waals surface area (Å²) in [5, 5.41) is 6.91. The second-order valence-corrected chi connectivity index (χ2v) is 6.61. The molecule has 1 atom stereocenters. The third-order valence-corrected chi connectivity index (χ3v) is 5.25. The van der Waals surface area contributed by atoms with E-state index in [1.165, 1.54) is 54.9 Å². The molecule has 1 aliphatic rings. The summed E-state index contributed by atoms with van der Waals surface area (Å²) < 4.78 is 0. The molecular formula is C19H24ClN. The normalized spacial score (nSPS) is 18.6. The van der Waals surface area contributed by atoms with Crippen LogP contribution in [0, 0.1) is 5.92 Å². The number of hydrogen-bond donors (Lipinski definition) is 1. The zero-order valence-corrected chi connectivity index (χ0v) is 13.5. The van der Waals surface area contributed by atoms with Crippen molar-refractivity contribution in [2.24, 2.45) is 5.92 Å². The molecule has 0 radical (unpaired) electrons. The van der Waals surface area contributed by atoms with Crippen LogP contribution in [0.25, 0.3) is 10.8 Å². The Morgan fingerprint density at radius 2 is 1.62 bits per heavy atom. The van der Waals surface area contributed by atoms with Gasteiger partial charge < -0.3 is 5.32 Å². The highest BCUT2D eigenvalue weighted by Crippen LogP contribution is 2.37. The van der Waals surface area contributed by atoms with E-state index in [1.54, 1.807) is 0 Å². The second kappa shape index (κ2) is 6.81. The number of halogens is 1. The van der Waals surface area contributed by atoms with Crippen molar-refractivity contribution in [2.75, 3.05) is 7.05 Å². The fourth-order valence-electron chi connectivity index (χ4n) is 3.85. The fourth-order valence-corrected chi connectivity index (χ4v) is 4.07. The van der Waals surface area contributed by atoms with Gasteiger partial charge in [0.2, 0.25) is 0 Å². The predicted octanol–water partition coefficient (Wildman–Crippen LogP) is 5.72. The van der Waals surface area contributed by atoms with Crippen LogP contribution in [0.1, 0.15) is 50.1 Å².